The van der Waals surface area contributed by atoms with Crippen LogP contribution in [0, 0.1) is 35.5 Å². The molecular weight excluding hydrogens is 504 g/mol. The number of anilines is 1. The fourth-order valence-corrected chi connectivity index (χ4v) is 6.62. The van der Waals surface area contributed by atoms with Crippen LogP contribution in [0.1, 0.15) is 72.1 Å². The largest absolute Gasteiger partial charge is 0.444 e. The van der Waals surface area contributed by atoms with E-state index in [1.807, 2.05) is 25.7 Å². The summed E-state index contributed by atoms with van der Waals surface area (Å²) in [5, 5.41) is 18.5. The van der Waals surface area contributed by atoms with Gasteiger partial charge in [-0.25, -0.2) is 14.8 Å². The Bertz CT molecular complexity index is 880. The standard InChI is InChI=1S/C15H27NO3.C14H20ClN3O/c1-15(2,3)19-14(18)16-7-4-11(5-8-16)13-10-12(13)6-9-17;15-12-8-16-14(17-9-12)18-4-1-10(2-5-18)13-7-11(13)3-6-19/h11-13,17H,4-10H2,1-3H3;8-11,13,19H,1-7H2/t12-,13?;11-,13?/m11/s1. The van der Waals surface area contributed by atoms with E-state index in [-0.39, 0.29) is 6.09 Å². The molecule has 1 aromatic rings. The van der Waals surface area contributed by atoms with Gasteiger partial charge in [-0.3, -0.25) is 0 Å². The first-order chi connectivity index (χ1) is 18.2. The molecule has 0 bridgehead atoms. The first-order valence-electron chi connectivity index (χ1n) is 14.6. The van der Waals surface area contributed by atoms with Crippen LogP contribution in [0.3, 0.4) is 0 Å². The Balaban J connectivity index is 0.000000177. The average Bonchev–Trinajstić information content (AvgIpc) is 3.82. The molecule has 0 radical (unpaired) electrons. The van der Waals surface area contributed by atoms with Gasteiger partial charge in [-0.15, -0.1) is 0 Å². The number of carbonyl (C=O) groups excluding carboxylic acids is 1. The van der Waals surface area contributed by atoms with Gasteiger partial charge in [0.15, 0.2) is 0 Å². The van der Waals surface area contributed by atoms with Crippen molar-refractivity contribution in [1.29, 1.82) is 0 Å². The molecule has 2 aliphatic heterocycles. The topological polar surface area (TPSA) is 99.0 Å². The Labute approximate surface area is 233 Å². The van der Waals surface area contributed by atoms with Crippen LogP contribution in [0.2, 0.25) is 5.02 Å². The maximum absolute atomic E-state index is 11.9. The van der Waals surface area contributed by atoms with Gasteiger partial charge >= 0.3 is 6.09 Å². The minimum absolute atomic E-state index is 0.173. The summed E-state index contributed by atoms with van der Waals surface area (Å²) in [5.41, 5.74) is -0.406. The molecule has 8 nitrogen and oxygen atoms in total. The first kappa shape index (κ1) is 29.3. The van der Waals surface area contributed by atoms with Crippen molar-refractivity contribution >= 4 is 23.6 Å². The number of amides is 1. The molecule has 5 rings (SSSR count). The second-order valence-electron chi connectivity index (χ2n) is 12.7. The van der Waals surface area contributed by atoms with Crippen LogP contribution in [-0.2, 0) is 4.74 Å². The number of ether oxygens (including phenoxy) is 1. The summed E-state index contributed by atoms with van der Waals surface area (Å²) in [4.78, 5) is 24.6. The van der Waals surface area contributed by atoms with Crippen molar-refractivity contribution < 1.29 is 19.7 Å². The average molecular weight is 551 g/mol. The molecule has 4 aliphatic rings. The third-order valence-electron chi connectivity index (χ3n) is 8.79. The number of carbonyl (C=O) groups is 1. The maximum atomic E-state index is 11.9. The minimum Gasteiger partial charge on any atom is -0.444 e. The predicted octanol–water partition coefficient (Wildman–Crippen LogP) is 5.02. The number of aliphatic hydroxyl groups excluding tert-OH is 2. The number of hydrogen-bond donors (Lipinski definition) is 2. The van der Waals surface area contributed by atoms with E-state index in [0.717, 1.165) is 93.3 Å². The highest BCUT2D eigenvalue weighted by Crippen LogP contribution is 2.50. The van der Waals surface area contributed by atoms with Crippen LogP contribution in [-0.4, -0.2) is 76.2 Å². The van der Waals surface area contributed by atoms with Crippen LogP contribution in [0.25, 0.3) is 0 Å². The maximum Gasteiger partial charge on any atom is 0.410 e. The zero-order valence-electron chi connectivity index (χ0n) is 23.4. The number of nitrogens with zero attached hydrogens (tertiary/aromatic N) is 4. The molecule has 9 heteroatoms. The van der Waals surface area contributed by atoms with Gasteiger partial charge in [-0.05, 0) is 108 Å². The smallest absolute Gasteiger partial charge is 0.410 e. The van der Waals surface area contributed by atoms with Crippen molar-refractivity contribution in [3.05, 3.63) is 17.4 Å². The molecule has 2 saturated heterocycles. The van der Waals surface area contributed by atoms with Crippen LogP contribution < -0.4 is 4.90 Å². The highest BCUT2D eigenvalue weighted by atomic mass is 35.5. The molecule has 38 heavy (non-hydrogen) atoms. The van der Waals surface area contributed by atoms with Crippen LogP contribution in [0.4, 0.5) is 10.7 Å². The summed E-state index contributed by atoms with van der Waals surface area (Å²) in [6.45, 7) is 10.1. The molecule has 1 aromatic heterocycles. The Morgan fingerprint density at radius 2 is 1.39 bits per heavy atom. The van der Waals surface area contributed by atoms with Gasteiger partial charge in [0.25, 0.3) is 0 Å². The van der Waals surface area contributed by atoms with E-state index < -0.39 is 5.60 Å². The quantitative estimate of drug-likeness (QED) is 0.492. The summed E-state index contributed by atoms with van der Waals surface area (Å²) in [5.74, 6) is 5.56. The van der Waals surface area contributed by atoms with Crippen molar-refractivity contribution in [3.8, 4) is 0 Å². The second-order valence-corrected chi connectivity index (χ2v) is 13.1. The van der Waals surface area contributed by atoms with E-state index in [9.17, 15) is 4.79 Å². The van der Waals surface area contributed by atoms with Crippen LogP contribution >= 0.6 is 11.6 Å². The fraction of sp³-hybridized carbons (Fsp3) is 0.828. The molecule has 4 fully saturated rings. The number of halogens is 1. The Hall–Kier alpha value is -1.64. The summed E-state index contributed by atoms with van der Waals surface area (Å²) in [7, 11) is 0. The Kier molecular flexibility index (Phi) is 10.1. The number of likely N-dealkylation sites (tertiary alicyclic amines) is 1. The number of rotatable bonds is 7. The third kappa shape index (κ3) is 8.43. The summed E-state index contributed by atoms with van der Waals surface area (Å²) >= 11 is 5.81. The number of hydrogen-bond acceptors (Lipinski definition) is 7. The SMILES string of the molecule is CC(C)(C)OC(=O)N1CCC(C2C[C@H]2CCO)CC1.OCC[C@@H]1CC1C1CCN(c2ncc(Cl)cn2)CC1. The van der Waals surface area contributed by atoms with Gasteiger partial charge < -0.3 is 24.7 Å². The van der Waals surface area contributed by atoms with Crippen molar-refractivity contribution in [2.45, 2.75) is 77.7 Å². The number of aliphatic hydroxyl groups is 2. The molecule has 1 amide bonds. The molecular formula is C29H47ClN4O4. The van der Waals surface area contributed by atoms with E-state index in [1.54, 1.807) is 12.4 Å². The monoisotopic (exact) mass is 550 g/mol. The second kappa shape index (κ2) is 13.1. The van der Waals surface area contributed by atoms with Crippen molar-refractivity contribution in [1.82, 2.24) is 14.9 Å². The lowest BCUT2D eigenvalue weighted by Crippen LogP contribution is -2.42. The van der Waals surface area contributed by atoms with Crippen molar-refractivity contribution in [2.75, 3.05) is 44.3 Å². The molecule has 0 spiro atoms. The fourth-order valence-electron chi connectivity index (χ4n) is 6.53. The molecule has 3 heterocycles. The van der Waals surface area contributed by atoms with Gasteiger partial charge in [-0.2, -0.15) is 0 Å². The zero-order valence-corrected chi connectivity index (χ0v) is 24.2. The molecule has 2 aliphatic carbocycles. The molecule has 214 valence electrons. The van der Waals surface area contributed by atoms with Crippen molar-refractivity contribution in [2.24, 2.45) is 35.5 Å². The summed E-state index contributed by atoms with van der Waals surface area (Å²) in [6, 6.07) is 0. The highest BCUT2D eigenvalue weighted by Gasteiger charge is 2.44. The van der Waals surface area contributed by atoms with Crippen LogP contribution in [0.15, 0.2) is 12.4 Å². The summed E-state index contributed by atoms with van der Waals surface area (Å²) < 4.78 is 5.40. The number of aromatic nitrogens is 2. The first-order valence-corrected chi connectivity index (χ1v) is 15.0. The molecule has 2 saturated carbocycles. The highest BCUT2D eigenvalue weighted by molar-refractivity contribution is 6.30. The number of piperidine rings is 2. The molecule has 2 N–H and O–H groups in total. The van der Waals surface area contributed by atoms with E-state index >= 15 is 0 Å². The zero-order chi connectivity index (χ0) is 27.3. The van der Waals surface area contributed by atoms with Gasteiger partial charge in [0.2, 0.25) is 5.95 Å². The van der Waals surface area contributed by atoms with Gasteiger partial charge in [0.1, 0.15) is 5.60 Å². The lowest BCUT2D eigenvalue weighted by Gasteiger charge is -2.33. The predicted molar refractivity (Wildman–Crippen MR) is 149 cm³/mol. The normalized spacial score (nSPS) is 27.9. The Morgan fingerprint density at radius 1 is 0.921 bits per heavy atom. The molecule has 2 unspecified atom stereocenters. The van der Waals surface area contributed by atoms with E-state index in [1.165, 1.54) is 25.7 Å². The van der Waals surface area contributed by atoms with E-state index in [4.69, 9.17) is 26.6 Å². The van der Waals surface area contributed by atoms with E-state index in [2.05, 4.69) is 14.9 Å². The molecule has 4 atom stereocenters. The van der Waals surface area contributed by atoms with Crippen molar-refractivity contribution in [3.63, 3.8) is 0 Å². The Morgan fingerprint density at radius 3 is 1.84 bits per heavy atom. The summed E-state index contributed by atoms with van der Waals surface area (Å²) in [6.07, 6.45) is 12.3. The van der Waals surface area contributed by atoms with Gasteiger partial charge in [-0.1, -0.05) is 11.6 Å². The molecule has 0 aromatic carbocycles. The minimum atomic E-state index is -0.406. The van der Waals surface area contributed by atoms with E-state index in [0.29, 0.717) is 18.2 Å². The van der Waals surface area contributed by atoms with Gasteiger partial charge in [0, 0.05) is 39.4 Å². The lowest BCUT2D eigenvalue weighted by atomic mass is 9.90. The van der Waals surface area contributed by atoms with Crippen LogP contribution in [0.5, 0.6) is 0 Å². The lowest BCUT2D eigenvalue weighted by molar-refractivity contribution is 0.0173. The van der Waals surface area contributed by atoms with Gasteiger partial charge in [0.05, 0.1) is 17.4 Å². The third-order valence-corrected chi connectivity index (χ3v) is 8.98.